The summed E-state index contributed by atoms with van der Waals surface area (Å²) in [4.78, 5) is 52.3. The first-order chi connectivity index (χ1) is 36.0. The second-order valence-corrected chi connectivity index (χ2v) is 18.9. The van der Waals surface area contributed by atoms with E-state index in [1.165, 1.54) is 18.4 Å². The predicted molar refractivity (Wildman–Crippen MR) is 290 cm³/mol. The highest BCUT2D eigenvalue weighted by atomic mass is 16.4. The fourth-order valence-corrected chi connectivity index (χ4v) is 8.87. The van der Waals surface area contributed by atoms with Gasteiger partial charge in [0.25, 0.3) is 0 Å². The van der Waals surface area contributed by atoms with Gasteiger partial charge in [-0.1, -0.05) is 96.6 Å². The molecular weight excluding hydrogens is 927 g/mol. The number of anilines is 6. The standard InChI is InChI=1S/C23H21N3O2.C21H18N2O2.C17H14N2O2/c27-23(28)20-11-16(14-5-6-14)9-10-21(20)26-17-12-24-22(25-13-17)19-4-2-1-3-18(19)15-7-8-15;24-21(25)19-11-16(15-6-7-15)8-9-20(19)23-18-10-17(12-22-13-18)14-4-2-1-3-5-14;1-11-6-7-16(14(8-11)17(20)21)19-13-9-12-4-2-3-5-15(12)18-10-13/h1-4,9-15,26H,5-8H2,(H,27,28);1-5,8-13,15,23H,6-7H2,(H,24,25);2-10,19H,1H3,(H,20,21). The zero-order valence-corrected chi connectivity index (χ0v) is 40.6. The van der Waals surface area contributed by atoms with Gasteiger partial charge in [-0.15, -0.1) is 0 Å². The van der Waals surface area contributed by atoms with Crippen LogP contribution >= 0.6 is 0 Å². The number of hydrogen-bond acceptors (Lipinski definition) is 10. The van der Waals surface area contributed by atoms with Gasteiger partial charge in [-0.25, -0.2) is 24.4 Å². The van der Waals surface area contributed by atoms with Crippen molar-refractivity contribution in [2.75, 3.05) is 16.0 Å². The summed E-state index contributed by atoms with van der Waals surface area (Å²) >= 11 is 0. The van der Waals surface area contributed by atoms with Crippen LogP contribution in [0.15, 0.2) is 177 Å². The quantitative estimate of drug-likeness (QED) is 0.0602. The Bertz CT molecular complexity index is 3520. The van der Waals surface area contributed by atoms with Crippen LogP contribution in [0.5, 0.6) is 0 Å². The van der Waals surface area contributed by atoms with Crippen molar-refractivity contribution < 1.29 is 29.7 Å². The topological polar surface area (TPSA) is 200 Å². The number of nitrogens with zero attached hydrogens (tertiary/aromatic N) is 4. The molecule has 0 amide bonds. The number of aryl methyl sites for hydroxylation is 1. The minimum Gasteiger partial charge on any atom is -0.478 e. The van der Waals surface area contributed by atoms with Gasteiger partial charge in [0.15, 0.2) is 5.82 Å². The minimum atomic E-state index is -0.949. The lowest BCUT2D eigenvalue weighted by molar-refractivity contribution is 0.0687. The molecule has 0 radical (unpaired) electrons. The number of pyridine rings is 2. The maximum atomic E-state index is 11.7. The fraction of sp³-hybridized carbons (Fsp3) is 0.164. The Kier molecular flexibility index (Phi) is 14.1. The lowest BCUT2D eigenvalue weighted by atomic mass is 10.0. The van der Waals surface area contributed by atoms with Crippen LogP contribution in [0.1, 0.15) is 110 Å². The fourth-order valence-electron chi connectivity index (χ4n) is 8.87. The molecule has 74 heavy (non-hydrogen) atoms. The van der Waals surface area contributed by atoms with Crippen molar-refractivity contribution in [2.24, 2.45) is 0 Å². The number of carbonyl (C=O) groups is 3. The molecule has 9 aromatic rings. The zero-order valence-electron chi connectivity index (χ0n) is 40.6. The average molecular weight is 980 g/mol. The third-order valence-corrected chi connectivity index (χ3v) is 13.2. The number of rotatable bonds is 14. The van der Waals surface area contributed by atoms with E-state index in [1.807, 2.05) is 110 Å². The molecule has 3 heterocycles. The number of carboxylic acid groups (broad SMARTS) is 3. The summed E-state index contributed by atoms with van der Waals surface area (Å²) in [6, 6.07) is 46.6. The highest BCUT2D eigenvalue weighted by molar-refractivity contribution is 5.97. The first kappa shape index (κ1) is 48.4. The lowest BCUT2D eigenvalue weighted by Crippen LogP contribution is -2.04. The van der Waals surface area contributed by atoms with Crippen molar-refractivity contribution in [1.82, 2.24) is 19.9 Å². The molecule has 13 heteroatoms. The molecule has 3 aromatic heterocycles. The molecule has 3 fully saturated rings. The van der Waals surface area contributed by atoms with Crippen LogP contribution in [0.4, 0.5) is 34.1 Å². The van der Waals surface area contributed by atoms with Crippen LogP contribution in [0.2, 0.25) is 0 Å². The minimum absolute atomic E-state index is 0.253. The molecule has 6 aromatic carbocycles. The van der Waals surface area contributed by atoms with Crippen molar-refractivity contribution >= 4 is 62.9 Å². The van der Waals surface area contributed by atoms with E-state index in [4.69, 9.17) is 0 Å². The molecule has 0 aliphatic heterocycles. The van der Waals surface area contributed by atoms with Crippen LogP contribution in [0.3, 0.4) is 0 Å². The average Bonchev–Trinajstić information content (AvgIpc) is 4.25. The summed E-state index contributed by atoms with van der Waals surface area (Å²) in [5, 5.41) is 38.9. The Morgan fingerprint density at radius 2 is 0.973 bits per heavy atom. The van der Waals surface area contributed by atoms with E-state index < -0.39 is 17.9 Å². The van der Waals surface area contributed by atoms with Crippen LogP contribution in [-0.4, -0.2) is 53.2 Å². The molecule has 3 aliphatic rings. The van der Waals surface area contributed by atoms with Gasteiger partial charge in [0.1, 0.15) is 0 Å². The van der Waals surface area contributed by atoms with Crippen molar-refractivity contribution in [3.63, 3.8) is 0 Å². The third-order valence-electron chi connectivity index (χ3n) is 13.2. The number of aromatic nitrogens is 4. The summed E-state index contributed by atoms with van der Waals surface area (Å²) in [7, 11) is 0. The molecule has 0 spiro atoms. The highest BCUT2D eigenvalue weighted by Gasteiger charge is 2.28. The molecular formula is C61H53N7O6. The Labute approximate surface area is 428 Å². The van der Waals surface area contributed by atoms with Gasteiger partial charge < -0.3 is 31.3 Å². The first-order valence-corrected chi connectivity index (χ1v) is 24.7. The maximum Gasteiger partial charge on any atom is 0.337 e. The van der Waals surface area contributed by atoms with E-state index in [0.29, 0.717) is 51.9 Å². The van der Waals surface area contributed by atoms with Crippen molar-refractivity contribution in [2.45, 2.75) is 63.2 Å². The number of hydrogen-bond donors (Lipinski definition) is 6. The summed E-state index contributed by atoms with van der Waals surface area (Å²) in [5.41, 5.74) is 13.2. The van der Waals surface area contributed by atoms with E-state index in [0.717, 1.165) is 81.3 Å². The number of aromatic carboxylic acids is 3. The normalized spacial score (nSPS) is 13.6. The molecule has 6 N–H and O–H groups in total. The Morgan fingerprint density at radius 1 is 0.459 bits per heavy atom. The Morgan fingerprint density at radius 3 is 1.58 bits per heavy atom. The van der Waals surface area contributed by atoms with Crippen LogP contribution in [0, 0.1) is 6.92 Å². The van der Waals surface area contributed by atoms with Gasteiger partial charge in [0.05, 0.1) is 81.1 Å². The van der Waals surface area contributed by atoms with Gasteiger partial charge in [-0.2, -0.15) is 0 Å². The number of nitrogens with one attached hydrogen (secondary N) is 3. The van der Waals surface area contributed by atoms with Gasteiger partial charge in [-0.3, -0.25) is 9.97 Å². The van der Waals surface area contributed by atoms with E-state index >= 15 is 0 Å². The van der Waals surface area contributed by atoms with Gasteiger partial charge in [-0.05, 0) is 140 Å². The highest BCUT2D eigenvalue weighted by Crippen LogP contribution is 2.44. The number of fused-ring (bicyclic) bond motifs is 1. The summed E-state index contributed by atoms with van der Waals surface area (Å²) < 4.78 is 0. The summed E-state index contributed by atoms with van der Waals surface area (Å²) in [6.07, 6.45) is 15.7. The van der Waals surface area contributed by atoms with E-state index in [9.17, 15) is 29.7 Å². The van der Waals surface area contributed by atoms with Gasteiger partial charge in [0, 0.05) is 22.7 Å². The van der Waals surface area contributed by atoms with Crippen LogP contribution < -0.4 is 16.0 Å². The zero-order chi connectivity index (χ0) is 51.1. The number of carboxylic acids is 3. The SMILES string of the molecule is Cc1ccc(Nc2cnc3ccccc3c2)c(C(=O)O)c1.O=C(O)c1cc(C2CC2)ccc1Nc1cnc(-c2ccccc2C2CC2)nc1.O=C(O)c1cc(C2CC2)ccc1Nc1cncc(-c2ccccc2)c1. The smallest absolute Gasteiger partial charge is 0.337 e. The lowest BCUT2D eigenvalue weighted by Gasteiger charge is -2.12. The maximum absolute atomic E-state index is 11.7. The Hall–Kier alpha value is -9.23. The van der Waals surface area contributed by atoms with Gasteiger partial charge in [0.2, 0.25) is 0 Å². The van der Waals surface area contributed by atoms with Crippen molar-refractivity contribution in [3.8, 4) is 22.5 Å². The second kappa shape index (κ2) is 21.6. The molecule has 3 aliphatic carbocycles. The monoisotopic (exact) mass is 979 g/mol. The molecule has 0 unspecified atom stereocenters. The van der Waals surface area contributed by atoms with Gasteiger partial charge >= 0.3 is 17.9 Å². The van der Waals surface area contributed by atoms with E-state index in [-0.39, 0.29) is 11.1 Å². The predicted octanol–water partition coefficient (Wildman–Crippen LogP) is 14.4. The largest absolute Gasteiger partial charge is 0.478 e. The van der Waals surface area contributed by atoms with E-state index in [1.54, 1.807) is 55.2 Å². The van der Waals surface area contributed by atoms with Crippen molar-refractivity contribution in [3.05, 3.63) is 216 Å². The molecule has 12 rings (SSSR count). The summed E-state index contributed by atoms with van der Waals surface area (Å²) in [6.45, 7) is 1.87. The van der Waals surface area contributed by atoms with Crippen LogP contribution in [0.25, 0.3) is 33.4 Å². The van der Waals surface area contributed by atoms with Crippen LogP contribution in [-0.2, 0) is 0 Å². The van der Waals surface area contributed by atoms with E-state index in [2.05, 4.69) is 54.1 Å². The second-order valence-electron chi connectivity index (χ2n) is 18.9. The Balaban J connectivity index is 0.000000128. The molecule has 0 saturated heterocycles. The third kappa shape index (κ3) is 11.9. The molecule has 0 atom stereocenters. The molecule has 3 saturated carbocycles. The van der Waals surface area contributed by atoms with Crippen molar-refractivity contribution in [1.29, 1.82) is 0 Å². The molecule has 0 bridgehead atoms. The summed E-state index contributed by atoms with van der Waals surface area (Å²) in [5.74, 6) is -0.430. The molecule has 13 nitrogen and oxygen atoms in total. The first-order valence-electron chi connectivity index (χ1n) is 24.7. The number of benzene rings is 6. The number of para-hydroxylation sites is 1. The molecule has 368 valence electrons.